The highest BCUT2D eigenvalue weighted by Gasteiger charge is 2.04. The molecule has 0 aliphatic rings. The Morgan fingerprint density at radius 1 is 1.36 bits per heavy atom. The second-order valence-electron chi connectivity index (χ2n) is 2.93. The molecule has 2 aromatic rings. The lowest BCUT2D eigenvalue weighted by atomic mass is 10.2. The summed E-state index contributed by atoms with van der Waals surface area (Å²) in [6.45, 7) is 2.84. The fraction of sp³-hybridized carbons (Fsp3) is 0.200. The summed E-state index contributed by atoms with van der Waals surface area (Å²) in [7, 11) is 0. The molecule has 4 heteroatoms. The van der Waals surface area contributed by atoms with E-state index in [0.29, 0.717) is 0 Å². The molecule has 0 aliphatic carbocycles. The zero-order chi connectivity index (χ0) is 9.97. The topological polar surface area (TPSA) is 50.9 Å². The second kappa shape index (κ2) is 3.49. The molecular formula is C10H11N3O. The maximum Gasteiger partial charge on any atom is 0.133 e. The highest BCUT2D eigenvalue weighted by Crippen LogP contribution is 2.18. The average molecular weight is 189 g/mol. The lowest BCUT2D eigenvalue weighted by molar-refractivity contribution is 0.473. The monoisotopic (exact) mass is 189 g/mol. The molecule has 0 aromatic carbocycles. The Morgan fingerprint density at radius 3 is 2.86 bits per heavy atom. The maximum atomic E-state index is 9.10. The Kier molecular flexibility index (Phi) is 2.18. The zero-order valence-electron chi connectivity index (χ0n) is 7.88. The van der Waals surface area contributed by atoms with Gasteiger partial charge in [0.15, 0.2) is 0 Å². The molecular weight excluding hydrogens is 178 g/mol. The molecule has 0 atom stereocenters. The molecule has 0 fully saturated rings. The molecule has 2 rings (SSSR count). The van der Waals surface area contributed by atoms with Crippen molar-refractivity contribution in [2.75, 3.05) is 0 Å². The lowest BCUT2D eigenvalue weighted by Gasteiger charge is -2.03. The Bertz CT molecular complexity index is 419. The van der Waals surface area contributed by atoms with Gasteiger partial charge in [0.05, 0.1) is 17.6 Å². The van der Waals surface area contributed by atoms with E-state index in [1.807, 2.05) is 17.7 Å². The number of nitrogens with zero attached hydrogens (tertiary/aromatic N) is 3. The number of aryl methyl sites for hydroxylation is 1. The molecule has 0 saturated heterocycles. The van der Waals surface area contributed by atoms with Crippen molar-refractivity contribution in [3.63, 3.8) is 0 Å². The van der Waals surface area contributed by atoms with Crippen molar-refractivity contribution >= 4 is 0 Å². The normalized spacial score (nSPS) is 10.4. The number of hydrogen-bond donors (Lipinski definition) is 1. The highest BCUT2D eigenvalue weighted by atomic mass is 16.3. The van der Waals surface area contributed by atoms with Crippen molar-refractivity contribution in [3.05, 3.63) is 30.6 Å². The van der Waals surface area contributed by atoms with Crippen LogP contribution in [0.3, 0.4) is 0 Å². The van der Waals surface area contributed by atoms with Gasteiger partial charge in [-0.15, -0.1) is 0 Å². The molecule has 4 nitrogen and oxygen atoms in total. The van der Waals surface area contributed by atoms with Gasteiger partial charge >= 0.3 is 0 Å². The second-order valence-corrected chi connectivity index (χ2v) is 2.93. The third kappa shape index (κ3) is 1.46. The first kappa shape index (κ1) is 8.74. The van der Waals surface area contributed by atoms with Crippen molar-refractivity contribution < 1.29 is 5.11 Å². The van der Waals surface area contributed by atoms with Crippen molar-refractivity contribution in [2.45, 2.75) is 13.5 Å². The molecule has 14 heavy (non-hydrogen) atoms. The van der Waals surface area contributed by atoms with E-state index in [2.05, 4.69) is 10.1 Å². The molecule has 0 unspecified atom stereocenters. The summed E-state index contributed by atoms with van der Waals surface area (Å²) in [6, 6.07) is 5.30. The number of hydrogen-bond acceptors (Lipinski definition) is 3. The van der Waals surface area contributed by atoms with Gasteiger partial charge in [0.1, 0.15) is 5.75 Å². The van der Waals surface area contributed by atoms with Crippen LogP contribution in [0.15, 0.2) is 30.6 Å². The van der Waals surface area contributed by atoms with E-state index in [-0.39, 0.29) is 5.75 Å². The summed E-state index contributed by atoms with van der Waals surface area (Å²) in [5.41, 5.74) is 1.79. The fourth-order valence-electron chi connectivity index (χ4n) is 1.34. The van der Waals surface area contributed by atoms with Gasteiger partial charge in [-0.25, -0.2) is 0 Å². The number of pyridine rings is 1. The van der Waals surface area contributed by atoms with Crippen LogP contribution in [0.2, 0.25) is 0 Å². The summed E-state index contributed by atoms with van der Waals surface area (Å²) in [5, 5.41) is 13.2. The first-order chi connectivity index (χ1) is 6.81. The fourth-order valence-corrected chi connectivity index (χ4v) is 1.34. The zero-order valence-corrected chi connectivity index (χ0v) is 7.88. The highest BCUT2D eigenvalue weighted by molar-refractivity contribution is 5.54. The SMILES string of the molecule is CCn1nccc1-c1ccc(O)cn1. The summed E-state index contributed by atoms with van der Waals surface area (Å²) in [4.78, 5) is 4.12. The third-order valence-electron chi connectivity index (χ3n) is 2.03. The Morgan fingerprint density at radius 2 is 2.21 bits per heavy atom. The molecule has 2 aromatic heterocycles. The predicted octanol–water partition coefficient (Wildman–Crippen LogP) is 1.67. The van der Waals surface area contributed by atoms with Gasteiger partial charge in [-0.3, -0.25) is 9.67 Å². The van der Waals surface area contributed by atoms with E-state index in [0.717, 1.165) is 17.9 Å². The van der Waals surface area contributed by atoms with Crippen molar-refractivity contribution in [1.82, 2.24) is 14.8 Å². The van der Waals surface area contributed by atoms with Gasteiger partial charge in [0.25, 0.3) is 0 Å². The minimum Gasteiger partial charge on any atom is -0.506 e. The minimum atomic E-state index is 0.177. The molecule has 0 aliphatic heterocycles. The van der Waals surface area contributed by atoms with Crippen molar-refractivity contribution in [1.29, 1.82) is 0 Å². The Labute approximate surface area is 81.8 Å². The van der Waals surface area contributed by atoms with E-state index in [1.54, 1.807) is 18.3 Å². The van der Waals surface area contributed by atoms with Gasteiger partial charge in [-0.2, -0.15) is 5.10 Å². The smallest absolute Gasteiger partial charge is 0.133 e. The van der Waals surface area contributed by atoms with Crippen LogP contribution in [-0.2, 0) is 6.54 Å². The van der Waals surface area contributed by atoms with Crippen LogP contribution >= 0.6 is 0 Å². The minimum absolute atomic E-state index is 0.177. The lowest BCUT2D eigenvalue weighted by Crippen LogP contribution is -1.99. The number of aromatic nitrogens is 3. The van der Waals surface area contributed by atoms with Crippen molar-refractivity contribution in [3.8, 4) is 17.1 Å². The molecule has 0 bridgehead atoms. The summed E-state index contributed by atoms with van der Waals surface area (Å²) < 4.78 is 1.86. The van der Waals surface area contributed by atoms with Gasteiger partial charge in [0, 0.05) is 12.7 Å². The van der Waals surface area contributed by atoms with E-state index in [1.165, 1.54) is 6.20 Å². The molecule has 72 valence electrons. The van der Waals surface area contributed by atoms with Crippen LogP contribution in [0.1, 0.15) is 6.92 Å². The maximum absolute atomic E-state index is 9.10. The van der Waals surface area contributed by atoms with Crippen LogP contribution in [0.4, 0.5) is 0 Å². The van der Waals surface area contributed by atoms with E-state index < -0.39 is 0 Å². The first-order valence-electron chi connectivity index (χ1n) is 4.48. The van der Waals surface area contributed by atoms with Gasteiger partial charge in [0.2, 0.25) is 0 Å². The molecule has 2 heterocycles. The summed E-state index contributed by atoms with van der Waals surface area (Å²) in [5.74, 6) is 0.177. The Hall–Kier alpha value is -1.84. The molecule has 0 radical (unpaired) electrons. The average Bonchev–Trinajstić information content (AvgIpc) is 2.67. The summed E-state index contributed by atoms with van der Waals surface area (Å²) in [6.07, 6.45) is 3.18. The summed E-state index contributed by atoms with van der Waals surface area (Å²) >= 11 is 0. The molecule has 0 amide bonds. The van der Waals surface area contributed by atoms with E-state index >= 15 is 0 Å². The first-order valence-corrected chi connectivity index (χ1v) is 4.48. The van der Waals surface area contributed by atoms with Crippen LogP contribution in [0, 0.1) is 0 Å². The van der Waals surface area contributed by atoms with E-state index in [4.69, 9.17) is 5.11 Å². The van der Waals surface area contributed by atoms with E-state index in [9.17, 15) is 0 Å². The Balaban J connectivity index is 2.44. The molecule has 0 saturated carbocycles. The number of aromatic hydroxyl groups is 1. The van der Waals surface area contributed by atoms with Gasteiger partial charge in [-0.05, 0) is 25.1 Å². The number of rotatable bonds is 2. The van der Waals surface area contributed by atoms with Crippen molar-refractivity contribution in [2.24, 2.45) is 0 Å². The molecule has 1 N–H and O–H groups in total. The largest absolute Gasteiger partial charge is 0.506 e. The van der Waals surface area contributed by atoms with Gasteiger partial charge in [-0.1, -0.05) is 0 Å². The van der Waals surface area contributed by atoms with Crippen LogP contribution < -0.4 is 0 Å². The quantitative estimate of drug-likeness (QED) is 0.781. The van der Waals surface area contributed by atoms with Crippen LogP contribution in [-0.4, -0.2) is 19.9 Å². The third-order valence-corrected chi connectivity index (χ3v) is 2.03. The molecule has 0 spiro atoms. The predicted molar refractivity (Wildman–Crippen MR) is 52.8 cm³/mol. The van der Waals surface area contributed by atoms with Gasteiger partial charge < -0.3 is 5.11 Å². The van der Waals surface area contributed by atoms with Crippen LogP contribution in [0.5, 0.6) is 5.75 Å². The van der Waals surface area contributed by atoms with Crippen LogP contribution in [0.25, 0.3) is 11.4 Å². The standard InChI is InChI=1S/C10H11N3O/c1-2-13-10(5-6-12-13)9-4-3-8(14)7-11-9/h3-7,14H,2H2,1H3.